The van der Waals surface area contributed by atoms with Gasteiger partial charge in [0.2, 0.25) is 0 Å². The molecule has 0 fully saturated rings. The SMILES string of the molecule is CCCCCCCCC(CC#N)C(OCC)(OCC)OCC. The summed E-state index contributed by atoms with van der Waals surface area (Å²) in [5, 5.41) is 9.16. The summed E-state index contributed by atoms with van der Waals surface area (Å²) >= 11 is 0. The summed E-state index contributed by atoms with van der Waals surface area (Å²) in [4.78, 5) is 0. The van der Waals surface area contributed by atoms with Crippen molar-refractivity contribution in [3.63, 3.8) is 0 Å². The van der Waals surface area contributed by atoms with Crippen molar-refractivity contribution in [1.82, 2.24) is 0 Å². The van der Waals surface area contributed by atoms with Crippen molar-refractivity contribution < 1.29 is 14.2 Å². The van der Waals surface area contributed by atoms with E-state index in [2.05, 4.69) is 13.0 Å². The van der Waals surface area contributed by atoms with Crippen molar-refractivity contribution in [3.8, 4) is 6.07 Å². The molecular formula is C18H35NO3. The zero-order valence-electron chi connectivity index (χ0n) is 15.0. The Bertz CT molecular complexity index is 272. The van der Waals surface area contributed by atoms with Crippen molar-refractivity contribution in [1.29, 1.82) is 5.26 Å². The van der Waals surface area contributed by atoms with Gasteiger partial charge in [0.15, 0.2) is 0 Å². The highest BCUT2D eigenvalue weighted by Crippen LogP contribution is 2.32. The lowest BCUT2D eigenvalue weighted by Gasteiger charge is -2.38. The molecule has 0 saturated heterocycles. The van der Waals surface area contributed by atoms with E-state index in [1.165, 1.54) is 32.1 Å². The normalized spacial score (nSPS) is 13.0. The topological polar surface area (TPSA) is 51.5 Å². The van der Waals surface area contributed by atoms with Crippen LogP contribution in [-0.2, 0) is 14.2 Å². The van der Waals surface area contributed by atoms with Crippen LogP contribution in [0.1, 0.15) is 79.1 Å². The molecule has 0 aliphatic rings. The van der Waals surface area contributed by atoms with Gasteiger partial charge in [0.1, 0.15) is 0 Å². The van der Waals surface area contributed by atoms with Crippen LogP contribution in [-0.4, -0.2) is 25.8 Å². The number of rotatable bonds is 15. The summed E-state index contributed by atoms with van der Waals surface area (Å²) < 4.78 is 17.5. The van der Waals surface area contributed by atoms with Crippen LogP contribution < -0.4 is 0 Å². The van der Waals surface area contributed by atoms with Crippen LogP contribution in [0.15, 0.2) is 0 Å². The fourth-order valence-corrected chi connectivity index (χ4v) is 2.77. The van der Waals surface area contributed by atoms with E-state index in [1.807, 2.05) is 20.8 Å². The molecule has 0 saturated carbocycles. The first-order valence-electron chi connectivity index (χ1n) is 8.99. The molecule has 0 spiro atoms. The molecule has 0 aliphatic carbocycles. The summed E-state index contributed by atoms with van der Waals surface area (Å²) in [5.74, 6) is -1.10. The van der Waals surface area contributed by atoms with E-state index in [-0.39, 0.29) is 5.92 Å². The number of hydrogen-bond acceptors (Lipinski definition) is 4. The van der Waals surface area contributed by atoms with Gasteiger partial charge in [-0.1, -0.05) is 45.4 Å². The molecule has 0 rings (SSSR count). The highest BCUT2D eigenvalue weighted by Gasteiger charge is 2.41. The average molecular weight is 313 g/mol. The molecule has 130 valence electrons. The fraction of sp³-hybridized carbons (Fsp3) is 0.944. The van der Waals surface area contributed by atoms with Crippen molar-refractivity contribution in [2.45, 2.75) is 85.0 Å². The zero-order valence-corrected chi connectivity index (χ0v) is 15.0. The molecule has 0 bridgehead atoms. The van der Waals surface area contributed by atoms with E-state index in [0.717, 1.165) is 12.8 Å². The summed E-state index contributed by atoms with van der Waals surface area (Å²) in [7, 11) is 0. The second-order valence-corrected chi connectivity index (χ2v) is 5.52. The van der Waals surface area contributed by atoms with E-state index in [4.69, 9.17) is 19.5 Å². The lowest BCUT2D eigenvalue weighted by Crippen LogP contribution is -2.46. The van der Waals surface area contributed by atoms with Crippen LogP contribution in [0.25, 0.3) is 0 Å². The minimum atomic E-state index is -1.06. The predicted octanol–water partition coefficient (Wildman–Crippen LogP) is 5.03. The molecule has 0 heterocycles. The minimum absolute atomic E-state index is 0.0384. The van der Waals surface area contributed by atoms with Crippen molar-refractivity contribution in [3.05, 3.63) is 0 Å². The molecule has 0 radical (unpaired) electrons. The molecule has 0 amide bonds. The van der Waals surface area contributed by atoms with E-state index < -0.39 is 5.97 Å². The molecule has 22 heavy (non-hydrogen) atoms. The maximum absolute atomic E-state index is 9.16. The van der Waals surface area contributed by atoms with Gasteiger partial charge >= 0.3 is 0 Å². The predicted molar refractivity (Wildman–Crippen MR) is 89.3 cm³/mol. The smallest absolute Gasteiger partial charge is 0.286 e. The van der Waals surface area contributed by atoms with E-state index in [1.54, 1.807) is 0 Å². The van der Waals surface area contributed by atoms with Crippen molar-refractivity contribution >= 4 is 0 Å². The Morgan fingerprint density at radius 3 is 1.77 bits per heavy atom. The van der Waals surface area contributed by atoms with Crippen LogP contribution in [0, 0.1) is 17.2 Å². The maximum atomic E-state index is 9.16. The highest BCUT2D eigenvalue weighted by atomic mass is 16.9. The van der Waals surface area contributed by atoms with Gasteiger partial charge in [-0.15, -0.1) is 0 Å². The van der Waals surface area contributed by atoms with Gasteiger partial charge in [-0.05, 0) is 27.2 Å². The van der Waals surface area contributed by atoms with Gasteiger partial charge in [-0.3, -0.25) is 0 Å². The molecule has 0 aliphatic heterocycles. The Morgan fingerprint density at radius 2 is 1.32 bits per heavy atom. The van der Waals surface area contributed by atoms with Crippen LogP contribution in [0.4, 0.5) is 0 Å². The second-order valence-electron chi connectivity index (χ2n) is 5.52. The Kier molecular flexibility index (Phi) is 13.6. The van der Waals surface area contributed by atoms with Gasteiger partial charge in [0, 0.05) is 26.2 Å². The van der Waals surface area contributed by atoms with E-state index in [9.17, 15) is 0 Å². The first-order chi connectivity index (χ1) is 10.7. The molecule has 1 unspecified atom stereocenters. The molecule has 4 nitrogen and oxygen atoms in total. The largest absolute Gasteiger partial charge is 0.328 e. The van der Waals surface area contributed by atoms with Crippen molar-refractivity contribution in [2.24, 2.45) is 5.92 Å². The Balaban J connectivity index is 4.63. The van der Waals surface area contributed by atoms with Gasteiger partial charge < -0.3 is 14.2 Å². The minimum Gasteiger partial charge on any atom is -0.328 e. The quantitative estimate of drug-likeness (QED) is 0.314. The molecule has 0 aromatic rings. The maximum Gasteiger partial charge on any atom is 0.286 e. The summed E-state index contributed by atoms with van der Waals surface area (Å²) in [6, 6.07) is 2.27. The van der Waals surface area contributed by atoms with Crippen LogP contribution in [0.3, 0.4) is 0 Å². The Hall–Kier alpha value is -0.630. The lowest BCUT2D eigenvalue weighted by molar-refractivity contribution is -0.402. The first kappa shape index (κ1) is 21.4. The average Bonchev–Trinajstić information content (AvgIpc) is 2.50. The molecule has 0 aromatic heterocycles. The van der Waals surface area contributed by atoms with E-state index >= 15 is 0 Å². The standard InChI is InChI=1S/C18H35NO3/c1-5-9-10-11-12-13-14-17(15-16-19)18(20-6-2,21-7-3)22-8-4/h17H,5-15H2,1-4H3. The van der Waals surface area contributed by atoms with Gasteiger partial charge in [-0.2, -0.15) is 5.26 Å². The number of unbranched alkanes of at least 4 members (excludes halogenated alkanes) is 5. The first-order valence-corrected chi connectivity index (χ1v) is 8.99. The molecule has 1 atom stereocenters. The van der Waals surface area contributed by atoms with Crippen molar-refractivity contribution in [2.75, 3.05) is 19.8 Å². The highest BCUT2D eigenvalue weighted by molar-refractivity contribution is 4.82. The van der Waals surface area contributed by atoms with E-state index in [0.29, 0.717) is 26.2 Å². The fourth-order valence-electron chi connectivity index (χ4n) is 2.77. The molecule has 0 N–H and O–H groups in total. The van der Waals surface area contributed by atoms with Crippen LogP contribution in [0.5, 0.6) is 0 Å². The monoisotopic (exact) mass is 313 g/mol. The third kappa shape index (κ3) is 8.12. The number of ether oxygens (including phenoxy) is 3. The van der Waals surface area contributed by atoms with Crippen LogP contribution in [0.2, 0.25) is 0 Å². The number of nitriles is 1. The number of hydrogen-bond donors (Lipinski definition) is 0. The second kappa shape index (κ2) is 14.0. The van der Waals surface area contributed by atoms with Gasteiger partial charge in [-0.25, -0.2) is 0 Å². The Morgan fingerprint density at radius 1 is 0.818 bits per heavy atom. The summed E-state index contributed by atoms with van der Waals surface area (Å²) in [6.07, 6.45) is 8.72. The summed E-state index contributed by atoms with van der Waals surface area (Å²) in [5.41, 5.74) is 0. The van der Waals surface area contributed by atoms with Gasteiger partial charge in [0.05, 0.1) is 12.0 Å². The lowest BCUT2D eigenvalue weighted by atomic mass is 9.94. The zero-order chi connectivity index (χ0) is 16.7. The third-order valence-electron chi connectivity index (χ3n) is 3.78. The third-order valence-corrected chi connectivity index (χ3v) is 3.78. The van der Waals surface area contributed by atoms with Crippen LogP contribution >= 0.6 is 0 Å². The van der Waals surface area contributed by atoms with Gasteiger partial charge in [0.25, 0.3) is 5.97 Å². The Labute approximate surface area is 137 Å². The molecule has 0 aromatic carbocycles. The number of nitrogens with zero attached hydrogens (tertiary/aromatic N) is 1. The molecule has 4 heteroatoms. The molecular weight excluding hydrogens is 278 g/mol. The summed E-state index contributed by atoms with van der Waals surface area (Å²) in [6.45, 7) is 9.56.